The number of carbonyl (C=O) groups is 1. The van der Waals surface area contributed by atoms with E-state index in [-0.39, 0.29) is 11.5 Å². The number of unbranched alkanes of at least 4 members (excludes halogenated alkanes) is 1. The van der Waals surface area contributed by atoms with Gasteiger partial charge >= 0.3 is 6.09 Å². The number of allylic oxidation sites excluding steroid dienone is 3. The standard InChI is InChI=1S/C15H27NO2/c1-5-6-7-8-9-10-11-12-16-14(17)18-13-15(2,3)4/h6-7,10-11H,5,8-9,12-13H2,1-4H3,(H,16,17)/b7-6-,11-10+. The predicted molar refractivity (Wildman–Crippen MR) is 76.6 cm³/mol. The number of hydrogen-bond donors (Lipinski definition) is 1. The average molecular weight is 253 g/mol. The van der Waals surface area contributed by atoms with Gasteiger partial charge in [0.15, 0.2) is 0 Å². The van der Waals surface area contributed by atoms with Gasteiger partial charge in [-0.3, -0.25) is 0 Å². The highest BCUT2D eigenvalue weighted by molar-refractivity contribution is 5.67. The van der Waals surface area contributed by atoms with Crippen LogP contribution < -0.4 is 5.32 Å². The second-order valence-corrected chi connectivity index (χ2v) is 5.45. The van der Waals surface area contributed by atoms with Crippen LogP contribution in [-0.2, 0) is 4.74 Å². The fourth-order valence-corrected chi connectivity index (χ4v) is 1.15. The van der Waals surface area contributed by atoms with Crippen molar-refractivity contribution in [2.45, 2.75) is 47.0 Å². The molecule has 0 aromatic rings. The van der Waals surface area contributed by atoms with E-state index in [1.165, 1.54) is 0 Å². The minimum Gasteiger partial charge on any atom is -0.449 e. The van der Waals surface area contributed by atoms with Crippen molar-refractivity contribution in [1.82, 2.24) is 5.32 Å². The van der Waals surface area contributed by atoms with Gasteiger partial charge in [-0.2, -0.15) is 0 Å². The largest absolute Gasteiger partial charge is 0.449 e. The van der Waals surface area contributed by atoms with E-state index in [9.17, 15) is 4.79 Å². The van der Waals surface area contributed by atoms with Crippen LogP contribution in [0.15, 0.2) is 24.3 Å². The van der Waals surface area contributed by atoms with Crippen LogP contribution in [0.4, 0.5) is 4.79 Å². The highest BCUT2D eigenvalue weighted by Gasteiger charge is 2.12. The summed E-state index contributed by atoms with van der Waals surface area (Å²) in [7, 11) is 0. The van der Waals surface area contributed by atoms with Crippen molar-refractivity contribution in [3.8, 4) is 0 Å². The summed E-state index contributed by atoms with van der Waals surface area (Å²) in [4.78, 5) is 11.3. The molecule has 0 aliphatic carbocycles. The Labute approximate surface area is 111 Å². The van der Waals surface area contributed by atoms with Gasteiger partial charge in [0.05, 0.1) is 6.61 Å². The molecule has 1 amide bonds. The Hall–Kier alpha value is -1.25. The van der Waals surface area contributed by atoms with E-state index in [1.807, 2.05) is 26.8 Å². The van der Waals surface area contributed by atoms with Crippen LogP contribution in [0.25, 0.3) is 0 Å². The van der Waals surface area contributed by atoms with Crippen molar-refractivity contribution >= 4 is 6.09 Å². The third kappa shape index (κ3) is 12.8. The maximum atomic E-state index is 11.3. The van der Waals surface area contributed by atoms with Crippen LogP contribution in [0, 0.1) is 5.41 Å². The summed E-state index contributed by atoms with van der Waals surface area (Å²) < 4.78 is 5.07. The Morgan fingerprint density at radius 3 is 2.28 bits per heavy atom. The van der Waals surface area contributed by atoms with E-state index in [0.29, 0.717) is 13.2 Å². The molecule has 0 unspecified atom stereocenters. The van der Waals surface area contributed by atoms with Crippen LogP contribution >= 0.6 is 0 Å². The lowest BCUT2D eigenvalue weighted by Crippen LogP contribution is -2.28. The number of amides is 1. The first-order valence-corrected chi connectivity index (χ1v) is 6.66. The van der Waals surface area contributed by atoms with Gasteiger partial charge in [0.1, 0.15) is 0 Å². The van der Waals surface area contributed by atoms with E-state index < -0.39 is 0 Å². The molecule has 0 aliphatic heterocycles. The maximum Gasteiger partial charge on any atom is 0.407 e. The van der Waals surface area contributed by atoms with Gasteiger partial charge in [0.2, 0.25) is 0 Å². The molecule has 18 heavy (non-hydrogen) atoms. The molecule has 0 spiro atoms. The zero-order chi connectivity index (χ0) is 13.9. The molecular formula is C15H27NO2. The molecule has 0 saturated carbocycles. The van der Waals surface area contributed by atoms with Crippen molar-refractivity contribution in [3.63, 3.8) is 0 Å². The van der Waals surface area contributed by atoms with E-state index in [1.54, 1.807) is 0 Å². The molecule has 0 aromatic carbocycles. The summed E-state index contributed by atoms with van der Waals surface area (Å²) in [5.41, 5.74) is 0.0127. The van der Waals surface area contributed by atoms with Crippen molar-refractivity contribution < 1.29 is 9.53 Å². The SMILES string of the molecule is CC/C=C\CC/C=C/CNC(=O)OCC(C)(C)C. The molecule has 0 radical (unpaired) electrons. The van der Waals surface area contributed by atoms with Crippen LogP contribution in [-0.4, -0.2) is 19.2 Å². The third-order valence-electron chi connectivity index (χ3n) is 2.07. The van der Waals surface area contributed by atoms with E-state index >= 15 is 0 Å². The lowest BCUT2D eigenvalue weighted by Gasteiger charge is -2.17. The minimum absolute atomic E-state index is 0.0127. The number of hydrogen-bond acceptors (Lipinski definition) is 2. The smallest absolute Gasteiger partial charge is 0.407 e. The molecule has 1 N–H and O–H groups in total. The Bertz CT molecular complexity index is 275. The summed E-state index contributed by atoms with van der Waals surface area (Å²) in [5.74, 6) is 0. The average Bonchev–Trinajstić information content (AvgIpc) is 2.29. The lowest BCUT2D eigenvalue weighted by molar-refractivity contribution is 0.107. The highest BCUT2D eigenvalue weighted by atomic mass is 16.5. The minimum atomic E-state index is -0.347. The number of alkyl carbamates (subject to hydrolysis) is 1. The Kier molecular flexibility index (Phi) is 9.07. The zero-order valence-corrected chi connectivity index (χ0v) is 12.2. The first kappa shape index (κ1) is 16.8. The second-order valence-electron chi connectivity index (χ2n) is 5.45. The van der Waals surface area contributed by atoms with Crippen LogP contribution in [0.1, 0.15) is 47.0 Å². The number of ether oxygens (including phenoxy) is 1. The predicted octanol–water partition coefficient (Wildman–Crippen LogP) is 4.06. The Balaban J connectivity index is 3.50. The Morgan fingerprint density at radius 1 is 1.11 bits per heavy atom. The highest BCUT2D eigenvalue weighted by Crippen LogP contribution is 2.12. The van der Waals surface area contributed by atoms with Crippen molar-refractivity contribution in [1.29, 1.82) is 0 Å². The van der Waals surface area contributed by atoms with Gasteiger partial charge < -0.3 is 10.1 Å². The fraction of sp³-hybridized carbons (Fsp3) is 0.667. The van der Waals surface area contributed by atoms with E-state index in [0.717, 1.165) is 19.3 Å². The zero-order valence-electron chi connectivity index (χ0n) is 12.2. The molecule has 0 rings (SSSR count). The molecular weight excluding hydrogens is 226 g/mol. The van der Waals surface area contributed by atoms with E-state index in [4.69, 9.17) is 4.74 Å². The van der Waals surface area contributed by atoms with Gasteiger partial charge in [-0.1, -0.05) is 52.0 Å². The summed E-state index contributed by atoms with van der Waals surface area (Å²) in [6.07, 6.45) is 11.2. The molecule has 3 heteroatoms. The monoisotopic (exact) mass is 253 g/mol. The molecule has 0 atom stereocenters. The summed E-state index contributed by atoms with van der Waals surface area (Å²) >= 11 is 0. The van der Waals surface area contributed by atoms with Crippen molar-refractivity contribution in [2.24, 2.45) is 5.41 Å². The maximum absolute atomic E-state index is 11.3. The number of carbonyl (C=O) groups excluding carboxylic acids is 1. The quantitative estimate of drug-likeness (QED) is 0.549. The second kappa shape index (κ2) is 9.75. The molecule has 0 aromatic heterocycles. The van der Waals surface area contributed by atoms with Crippen LogP contribution in [0.5, 0.6) is 0 Å². The fourth-order valence-electron chi connectivity index (χ4n) is 1.15. The molecule has 0 bridgehead atoms. The summed E-state index contributed by atoms with van der Waals surface area (Å²) in [6.45, 7) is 9.18. The van der Waals surface area contributed by atoms with Gasteiger partial charge in [0.25, 0.3) is 0 Å². The topological polar surface area (TPSA) is 38.3 Å². The normalized spacial score (nSPS) is 12.2. The summed E-state index contributed by atoms with van der Waals surface area (Å²) in [6, 6.07) is 0. The van der Waals surface area contributed by atoms with Gasteiger partial charge in [0, 0.05) is 6.54 Å². The van der Waals surface area contributed by atoms with Gasteiger partial charge in [-0.25, -0.2) is 4.79 Å². The number of nitrogens with one attached hydrogen (secondary N) is 1. The molecule has 0 heterocycles. The first-order valence-electron chi connectivity index (χ1n) is 6.66. The van der Waals surface area contributed by atoms with Crippen LogP contribution in [0.3, 0.4) is 0 Å². The third-order valence-corrected chi connectivity index (χ3v) is 2.07. The lowest BCUT2D eigenvalue weighted by atomic mass is 9.99. The molecule has 0 aliphatic rings. The summed E-state index contributed by atoms with van der Waals surface area (Å²) in [5, 5.41) is 2.69. The van der Waals surface area contributed by atoms with Gasteiger partial charge in [-0.15, -0.1) is 0 Å². The Morgan fingerprint density at radius 2 is 1.72 bits per heavy atom. The van der Waals surface area contributed by atoms with Crippen LogP contribution in [0.2, 0.25) is 0 Å². The first-order chi connectivity index (χ1) is 8.45. The molecule has 0 saturated heterocycles. The van der Waals surface area contributed by atoms with E-state index in [2.05, 4.69) is 30.5 Å². The molecule has 104 valence electrons. The van der Waals surface area contributed by atoms with Gasteiger partial charge in [-0.05, 0) is 24.7 Å². The molecule has 0 fully saturated rings. The van der Waals surface area contributed by atoms with Crippen molar-refractivity contribution in [3.05, 3.63) is 24.3 Å². The molecule has 3 nitrogen and oxygen atoms in total. The number of rotatable bonds is 7. The van der Waals surface area contributed by atoms with Crippen molar-refractivity contribution in [2.75, 3.05) is 13.2 Å².